The van der Waals surface area contributed by atoms with Crippen molar-refractivity contribution in [2.45, 2.75) is 89.8 Å². The van der Waals surface area contributed by atoms with Gasteiger partial charge in [-0.05, 0) is 44.6 Å². The van der Waals surface area contributed by atoms with E-state index in [1.165, 1.54) is 37.7 Å². The van der Waals surface area contributed by atoms with E-state index in [4.69, 9.17) is 14.9 Å². The highest BCUT2D eigenvalue weighted by Gasteiger charge is 2.47. The van der Waals surface area contributed by atoms with Crippen LogP contribution in [0.2, 0.25) is 0 Å². The first-order valence-electron chi connectivity index (χ1n) is 11.3. The van der Waals surface area contributed by atoms with Crippen LogP contribution in [0.15, 0.2) is 48.6 Å². The average Bonchev–Trinajstić information content (AvgIpc) is 2.97. The lowest BCUT2D eigenvalue weighted by Crippen LogP contribution is -2.31. The van der Waals surface area contributed by atoms with Gasteiger partial charge in [0.05, 0.1) is 6.42 Å². The molecule has 0 aliphatic carbocycles. The molecular weight excluding hydrogens is 376 g/mol. The van der Waals surface area contributed by atoms with Gasteiger partial charge < -0.3 is 5.11 Å². The molecule has 1 unspecified atom stereocenters. The predicted octanol–water partition coefficient (Wildman–Crippen LogP) is 6.97. The highest BCUT2D eigenvalue weighted by atomic mass is 17.2. The standard InChI is InChI=1S/C26H38O4/c1-22(19-25(2)21-26(3,30-29-25)20-24(27)28)15-11-8-6-4-5-7-9-12-16-23-17-13-10-14-18-23/h7,9-10,12-14,16-18,22H,4-6,8,11,15,19-21H2,1-3H3,(H,27,28)/b9-7-,16-12+/t22?,25-,26+/m1/s1. The Morgan fingerprint density at radius 1 is 1.07 bits per heavy atom. The molecule has 0 radical (unpaired) electrons. The number of rotatable bonds is 13. The molecule has 0 aromatic heterocycles. The topological polar surface area (TPSA) is 55.8 Å². The number of hydrogen-bond donors (Lipinski definition) is 1. The van der Waals surface area contributed by atoms with Gasteiger partial charge in [-0.2, -0.15) is 0 Å². The highest BCUT2D eigenvalue weighted by Crippen LogP contribution is 2.42. The van der Waals surface area contributed by atoms with Gasteiger partial charge in [-0.3, -0.25) is 4.79 Å². The van der Waals surface area contributed by atoms with E-state index in [9.17, 15) is 4.79 Å². The van der Waals surface area contributed by atoms with Crippen LogP contribution in [-0.4, -0.2) is 22.3 Å². The quantitative estimate of drug-likeness (QED) is 0.215. The van der Waals surface area contributed by atoms with Crippen molar-refractivity contribution in [3.8, 4) is 0 Å². The van der Waals surface area contributed by atoms with E-state index in [2.05, 4.69) is 55.5 Å². The number of carboxylic acid groups (broad SMARTS) is 1. The predicted molar refractivity (Wildman–Crippen MR) is 122 cm³/mol. The zero-order chi connectivity index (χ0) is 21.9. The van der Waals surface area contributed by atoms with Gasteiger partial charge >= 0.3 is 5.97 Å². The van der Waals surface area contributed by atoms with Gasteiger partial charge in [0.25, 0.3) is 0 Å². The second-order valence-electron chi connectivity index (χ2n) is 9.31. The van der Waals surface area contributed by atoms with Crippen molar-refractivity contribution in [2.24, 2.45) is 5.92 Å². The maximum atomic E-state index is 11.0. The van der Waals surface area contributed by atoms with Crippen LogP contribution in [0.3, 0.4) is 0 Å². The van der Waals surface area contributed by atoms with E-state index >= 15 is 0 Å². The Kier molecular flexibility index (Phi) is 9.80. The first-order chi connectivity index (χ1) is 14.3. The minimum absolute atomic E-state index is 0.0204. The number of carbonyl (C=O) groups is 1. The smallest absolute Gasteiger partial charge is 0.306 e. The largest absolute Gasteiger partial charge is 0.481 e. The Morgan fingerprint density at radius 3 is 2.50 bits per heavy atom. The highest BCUT2D eigenvalue weighted by molar-refractivity contribution is 5.68. The molecule has 1 fully saturated rings. The molecule has 1 heterocycles. The Bertz CT molecular complexity index is 696. The molecule has 0 bridgehead atoms. The summed E-state index contributed by atoms with van der Waals surface area (Å²) >= 11 is 0. The Labute approximate surface area is 181 Å². The van der Waals surface area contributed by atoms with Crippen molar-refractivity contribution in [1.82, 2.24) is 0 Å². The third-order valence-electron chi connectivity index (χ3n) is 5.65. The van der Waals surface area contributed by atoms with Crippen molar-refractivity contribution in [1.29, 1.82) is 0 Å². The van der Waals surface area contributed by atoms with E-state index in [1.807, 2.05) is 19.9 Å². The third-order valence-corrected chi connectivity index (χ3v) is 5.65. The molecule has 4 heteroatoms. The fraction of sp³-hybridized carbons (Fsp3) is 0.577. The number of allylic oxidation sites excluding steroid dienone is 3. The van der Waals surface area contributed by atoms with Gasteiger partial charge in [0.2, 0.25) is 0 Å². The van der Waals surface area contributed by atoms with Crippen LogP contribution in [0.4, 0.5) is 0 Å². The van der Waals surface area contributed by atoms with E-state index in [-0.39, 0.29) is 12.0 Å². The number of benzene rings is 1. The zero-order valence-electron chi connectivity index (χ0n) is 18.8. The van der Waals surface area contributed by atoms with Gasteiger partial charge in [0.1, 0.15) is 11.2 Å². The molecule has 1 aromatic rings. The van der Waals surface area contributed by atoms with Crippen LogP contribution in [0.5, 0.6) is 0 Å². The molecule has 30 heavy (non-hydrogen) atoms. The normalized spacial score (nSPS) is 25.3. The van der Waals surface area contributed by atoms with E-state index in [0.29, 0.717) is 12.3 Å². The molecule has 1 N–H and O–H groups in total. The number of carboxylic acids is 1. The minimum Gasteiger partial charge on any atom is -0.481 e. The lowest BCUT2D eigenvalue weighted by atomic mass is 9.81. The van der Waals surface area contributed by atoms with Crippen molar-refractivity contribution >= 4 is 12.0 Å². The van der Waals surface area contributed by atoms with Gasteiger partial charge in [-0.15, -0.1) is 0 Å². The van der Waals surface area contributed by atoms with Crippen molar-refractivity contribution in [2.75, 3.05) is 0 Å². The molecule has 0 spiro atoms. The van der Waals surface area contributed by atoms with Crippen LogP contribution in [0.25, 0.3) is 6.08 Å². The van der Waals surface area contributed by atoms with Crippen molar-refractivity contribution in [3.63, 3.8) is 0 Å². The Morgan fingerprint density at radius 2 is 1.77 bits per heavy atom. The maximum Gasteiger partial charge on any atom is 0.306 e. The first kappa shape index (κ1) is 24.4. The van der Waals surface area contributed by atoms with Gasteiger partial charge in [0, 0.05) is 6.42 Å². The second-order valence-corrected chi connectivity index (χ2v) is 9.31. The zero-order valence-corrected chi connectivity index (χ0v) is 18.8. The number of unbranched alkanes of at least 4 members (excludes halogenated alkanes) is 4. The van der Waals surface area contributed by atoms with Crippen LogP contribution in [0.1, 0.15) is 84.1 Å². The summed E-state index contributed by atoms with van der Waals surface area (Å²) in [5.74, 6) is -0.311. The monoisotopic (exact) mass is 414 g/mol. The van der Waals surface area contributed by atoms with Crippen LogP contribution in [-0.2, 0) is 14.6 Å². The first-order valence-corrected chi connectivity index (χ1v) is 11.3. The molecule has 2 rings (SSSR count). The molecule has 1 aromatic carbocycles. The molecule has 166 valence electrons. The van der Waals surface area contributed by atoms with Gasteiger partial charge in [0.15, 0.2) is 0 Å². The molecular formula is C26H38O4. The van der Waals surface area contributed by atoms with Gasteiger partial charge in [-0.1, -0.05) is 87.2 Å². The van der Waals surface area contributed by atoms with Gasteiger partial charge in [-0.25, -0.2) is 9.78 Å². The summed E-state index contributed by atoms with van der Waals surface area (Å²) in [6, 6.07) is 10.3. The lowest BCUT2D eigenvalue weighted by Gasteiger charge is -2.25. The van der Waals surface area contributed by atoms with E-state index in [1.54, 1.807) is 0 Å². The summed E-state index contributed by atoms with van der Waals surface area (Å²) in [5.41, 5.74) is 0.123. The molecule has 1 saturated heterocycles. The fourth-order valence-corrected chi connectivity index (χ4v) is 4.42. The number of aliphatic carboxylic acids is 1. The second kappa shape index (κ2) is 12.1. The van der Waals surface area contributed by atoms with Crippen LogP contribution < -0.4 is 0 Å². The Hall–Kier alpha value is -1.91. The molecule has 3 atom stereocenters. The summed E-state index contributed by atoms with van der Waals surface area (Å²) in [5, 5.41) is 9.04. The minimum atomic E-state index is -0.847. The summed E-state index contributed by atoms with van der Waals surface area (Å²) in [7, 11) is 0. The fourth-order valence-electron chi connectivity index (χ4n) is 4.42. The maximum absolute atomic E-state index is 11.0. The summed E-state index contributed by atoms with van der Waals surface area (Å²) in [6.45, 7) is 6.11. The summed E-state index contributed by atoms with van der Waals surface area (Å²) in [4.78, 5) is 22.0. The van der Waals surface area contributed by atoms with Crippen molar-refractivity contribution in [3.05, 3.63) is 54.1 Å². The van der Waals surface area contributed by atoms with Crippen LogP contribution in [0, 0.1) is 5.92 Å². The van der Waals surface area contributed by atoms with Crippen molar-refractivity contribution < 1.29 is 19.7 Å². The molecule has 1 aliphatic rings. The molecule has 4 nitrogen and oxygen atoms in total. The summed E-state index contributed by atoms with van der Waals surface area (Å²) < 4.78 is 0. The lowest BCUT2D eigenvalue weighted by molar-refractivity contribution is -0.346. The molecule has 0 saturated carbocycles. The summed E-state index contributed by atoms with van der Waals surface area (Å²) in [6.07, 6.45) is 17.4. The van der Waals surface area contributed by atoms with Crippen LogP contribution >= 0.6 is 0 Å². The number of hydrogen-bond acceptors (Lipinski definition) is 3. The molecule has 0 amide bonds. The SMILES string of the molecule is CC(CCCCCC/C=C\C=C\c1ccccc1)C[C@]1(C)C[C@](C)(CC(=O)O)OO1. The van der Waals surface area contributed by atoms with E-state index < -0.39 is 11.6 Å². The molecule has 1 aliphatic heterocycles. The average molecular weight is 415 g/mol. The third kappa shape index (κ3) is 9.27. The van der Waals surface area contributed by atoms with E-state index in [0.717, 1.165) is 12.8 Å². The Balaban J connectivity index is 1.53.